The first kappa shape index (κ1) is 15.5. The molecule has 0 saturated heterocycles. The van der Waals surface area contributed by atoms with Gasteiger partial charge in [0.2, 0.25) is 0 Å². The van der Waals surface area contributed by atoms with E-state index in [1.807, 2.05) is 17.4 Å². The van der Waals surface area contributed by atoms with Crippen LogP contribution in [0.1, 0.15) is 46.9 Å². The molecule has 5 heteroatoms. The van der Waals surface area contributed by atoms with Crippen molar-refractivity contribution in [1.82, 2.24) is 10.3 Å². The molecule has 1 aromatic carbocycles. The van der Waals surface area contributed by atoms with Gasteiger partial charge in [-0.25, -0.2) is 4.98 Å². The van der Waals surface area contributed by atoms with Crippen molar-refractivity contribution >= 4 is 38.9 Å². The minimum absolute atomic E-state index is 0.152. The van der Waals surface area contributed by atoms with Crippen molar-refractivity contribution in [3.8, 4) is 0 Å². The molecule has 2 aromatic rings. The minimum Gasteiger partial charge on any atom is -0.305 e. The zero-order chi connectivity index (χ0) is 14.8. The predicted molar refractivity (Wildman–Crippen MR) is 93.4 cm³/mol. The van der Waals surface area contributed by atoms with E-state index in [0.717, 1.165) is 22.5 Å². The Morgan fingerprint density at radius 1 is 1.38 bits per heavy atom. The third kappa shape index (κ3) is 3.34. The quantitative estimate of drug-likeness (QED) is 0.788. The Kier molecular flexibility index (Phi) is 4.99. The molecule has 1 N–H and O–H groups in total. The van der Waals surface area contributed by atoms with Crippen LogP contribution in [0, 0.1) is 0 Å². The van der Waals surface area contributed by atoms with Crippen LogP contribution in [0.15, 0.2) is 22.7 Å². The number of rotatable bonds is 4. The highest BCUT2D eigenvalue weighted by atomic mass is 79.9. The van der Waals surface area contributed by atoms with E-state index in [4.69, 9.17) is 16.6 Å². The van der Waals surface area contributed by atoms with E-state index in [9.17, 15) is 0 Å². The Morgan fingerprint density at radius 2 is 2.19 bits per heavy atom. The predicted octanol–water partition coefficient (Wildman–Crippen LogP) is 5.14. The molecule has 1 unspecified atom stereocenters. The zero-order valence-corrected chi connectivity index (χ0v) is 15.1. The maximum absolute atomic E-state index is 6.11. The van der Waals surface area contributed by atoms with E-state index < -0.39 is 0 Å². The highest BCUT2D eigenvalue weighted by molar-refractivity contribution is 9.10. The van der Waals surface area contributed by atoms with Gasteiger partial charge in [0.15, 0.2) is 0 Å². The zero-order valence-electron chi connectivity index (χ0n) is 12.0. The van der Waals surface area contributed by atoms with Crippen LogP contribution in [-0.4, -0.2) is 11.5 Å². The molecule has 1 atom stereocenters. The van der Waals surface area contributed by atoms with Gasteiger partial charge in [-0.1, -0.05) is 24.6 Å². The van der Waals surface area contributed by atoms with Crippen molar-refractivity contribution in [2.24, 2.45) is 0 Å². The second kappa shape index (κ2) is 6.78. The smallest absolute Gasteiger partial charge is 0.115 e. The Hall–Kier alpha value is -0.420. The number of aryl methyl sites for hydroxylation is 2. The standard InChI is InChI=1S/C16H18BrClN2S/c1-2-19-15(10-7-8-12(18)11(17)9-10)16-20-13-5-3-4-6-14(13)21-16/h7-9,15,19H,2-6H2,1H3. The number of hydrogen-bond donors (Lipinski definition) is 1. The van der Waals surface area contributed by atoms with Gasteiger partial charge in [-0.15, -0.1) is 11.3 Å². The number of nitrogens with one attached hydrogen (secondary N) is 1. The number of benzene rings is 1. The van der Waals surface area contributed by atoms with Crippen molar-refractivity contribution in [1.29, 1.82) is 0 Å². The fraction of sp³-hybridized carbons (Fsp3) is 0.438. The second-order valence-electron chi connectivity index (χ2n) is 5.29. The van der Waals surface area contributed by atoms with Crippen molar-refractivity contribution in [2.75, 3.05) is 6.54 Å². The maximum atomic E-state index is 6.11. The number of nitrogens with zero attached hydrogens (tertiary/aromatic N) is 1. The molecule has 1 aromatic heterocycles. The summed E-state index contributed by atoms with van der Waals surface area (Å²) in [5, 5.41) is 5.48. The summed E-state index contributed by atoms with van der Waals surface area (Å²) in [5.74, 6) is 0. The van der Waals surface area contributed by atoms with E-state index in [1.54, 1.807) is 0 Å². The highest BCUT2D eigenvalue weighted by Crippen LogP contribution is 2.34. The molecule has 0 spiro atoms. The molecule has 0 fully saturated rings. The molecule has 1 heterocycles. The number of aromatic nitrogens is 1. The summed E-state index contributed by atoms with van der Waals surface area (Å²) in [7, 11) is 0. The number of fused-ring (bicyclic) bond motifs is 1. The largest absolute Gasteiger partial charge is 0.305 e. The number of thiazole rings is 1. The lowest BCUT2D eigenvalue weighted by atomic mass is 10.0. The summed E-state index contributed by atoms with van der Waals surface area (Å²) in [4.78, 5) is 6.38. The molecule has 1 aliphatic carbocycles. The molecule has 0 amide bonds. The van der Waals surface area contributed by atoms with Crippen LogP contribution in [0.25, 0.3) is 0 Å². The fourth-order valence-electron chi connectivity index (χ4n) is 2.74. The Morgan fingerprint density at radius 3 is 2.90 bits per heavy atom. The molecule has 112 valence electrons. The van der Waals surface area contributed by atoms with E-state index in [2.05, 4.69) is 40.3 Å². The molecule has 0 saturated carbocycles. The van der Waals surface area contributed by atoms with Crippen LogP contribution in [0.5, 0.6) is 0 Å². The first-order chi connectivity index (χ1) is 10.2. The van der Waals surface area contributed by atoms with Crippen molar-refractivity contribution < 1.29 is 0 Å². The van der Waals surface area contributed by atoms with Gasteiger partial charge in [0.25, 0.3) is 0 Å². The van der Waals surface area contributed by atoms with Gasteiger partial charge in [0, 0.05) is 9.35 Å². The van der Waals surface area contributed by atoms with Crippen LogP contribution in [0.3, 0.4) is 0 Å². The van der Waals surface area contributed by atoms with Crippen LogP contribution in [0.4, 0.5) is 0 Å². The van der Waals surface area contributed by atoms with Crippen LogP contribution in [-0.2, 0) is 12.8 Å². The molecule has 1 aliphatic rings. The van der Waals surface area contributed by atoms with Gasteiger partial charge >= 0.3 is 0 Å². The Bertz CT molecular complexity index is 618. The van der Waals surface area contributed by atoms with Gasteiger partial charge in [-0.05, 0) is 65.9 Å². The summed E-state index contributed by atoms with van der Waals surface area (Å²) in [6.45, 7) is 3.04. The van der Waals surface area contributed by atoms with Crippen LogP contribution >= 0.6 is 38.9 Å². The molecule has 0 radical (unpaired) electrons. The normalized spacial score (nSPS) is 15.8. The molecular weight excluding hydrogens is 368 g/mol. The summed E-state index contributed by atoms with van der Waals surface area (Å²) in [6, 6.07) is 6.27. The molecule has 21 heavy (non-hydrogen) atoms. The van der Waals surface area contributed by atoms with Crippen molar-refractivity contribution in [3.05, 3.63) is 48.8 Å². The van der Waals surface area contributed by atoms with Crippen molar-refractivity contribution in [2.45, 2.75) is 38.6 Å². The van der Waals surface area contributed by atoms with E-state index in [0.29, 0.717) is 0 Å². The SMILES string of the molecule is CCNC(c1ccc(Cl)c(Br)c1)c1nc2c(s1)CCCC2. The summed E-state index contributed by atoms with van der Waals surface area (Å²) in [5.41, 5.74) is 2.52. The monoisotopic (exact) mass is 384 g/mol. The van der Waals surface area contributed by atoms with E-state index in [1.165, 1.54) is 40.4 Å². The third-order valence-electron chi connectivity index (χ3n) is 3.79. The first-order valence-corrected chi connectivity index (χ1v) is 9.34. The first-order valence-electron chi connectivity index (χ1n) is 7.36. The van der Waals surface area contributed by atoms with Gasteiger partial charge in [0.05, 0.1) is 16.8 Å². The Balaban J connectivity index is 1.96. The van der Waals surface area contributed by atoms with Crippen molar-refractivity contribution in [3.63, 3.8) is 0 Å². The number of halogens is 2. The number of hydrogen-bond acceptors (Lipinski definition) is 3. The molecule has 0 aliphatic heterocycles. The van der Waals surface area contributed by atoms with Crippen LogP contribution < -0.4 is 5.32 Å². The highest BCUT2D eigenvalue weighted by Gasteiger charge is 2.22. The molecular formula is C16H18BrClN2S. The van der Waals surface area contributed by atoms with Gasteiger partial charge in [-0.3, -0.25) is 0 Å². The Labute approximate surface area is 143 Å². The maximum Gasteiger partial charge on any atom is 0.115 e. The molecule has 0 bridgehead atoms. The molecule has 3 rings (SSSR count). The van der Waals surface area contributed by atoms with Crippen LogP contribution in [0.2, 0.25) is 5.02 Å². The fourth-order valence-corrected chi connectivity index (χ4v) is 4.51. The topological polar surface area (TPSA) is 24.9 Å². The van der Waals surface area contributed by atoms with E-state index in [-0.39, 0.29) is 6.04 Å². The average Bonchev–Trinajstić information content (AvgIpc) is 2.91. The summed E-state index contributed by atoms with van der Waals surface area (Å²) in [6.07, 6.45) is 4.90. The lowest BCUT2D eigenvalue weighted by molar-refractivity contribution is 0.620. The van der Waals surface area contributed by atoms with Gasteiger partial charge in [-0.2, -0.15) is 0 Å². The van der Waals surface area contributed by atoms with E-state index >= 15 is 0 Å². The minimum atomic E-state index is 0.152. The van der Waals surface area contributed by atoms with Gasteiger partial charge in [0.1, 0.15) is 5.01 Å². The molecule has 2 nitrogen and oxygen atoms in total. The lowest BCUT2D eigenvalue weighted by Crippen LogP contribution is -2.22. The second-order valence-corrected chi connectivity index (χ2v) is 7.67. The average molecular weight is 386 g/mol. The summed E-state index contributed by atoms with van der Waals surface area (Å²) >= 11 is 11.5. The summed E-state index contributed by atoms with van der Waals surface area (Å²) < 4.78 is 0.936. The van der Waals surface area contributed by atoms with Gasteiger partial charge < -0.3 is 5.32 Å². The third-order valence-corrected chi connectivity index (χ3v) is 6.23. The lowest BCUT2D eigenvalue weighted by Gasteiger charge is -2.16.